The van der Waals surface area contributed by atoms with Gasteiger partial charge in [-0.1, -0.05) is 6.42 Å². The van der Waals surface area contributed by atoms with E-state index in [1.165, 1.54) is 0 Å². The quantitative estimate of drug-likeness (QED) is 0.631. The number of halogens is 3. The van der Waals surface area contributed by atoms with Crippen LogP contribution in [0.2, 0.25) is 0 Å². The summed E-state index contributed by atoms with van der Waals surface area (Å²) in [5, 5.41) is 13.9. The molecule has 8 heteroatoms. The molecule has 0 aromatic rings. The lowest BCUT2D eigenvalue weighted by Gasteiger charge is -2.37. The van der Waals surface area contributed by atoms with Crippen LogP contribution in [-0.4, -0.2) is 36.4 Å². The summed E-state index contributed by atoms with van der Waals surface area (Å²) in [4.78, 5) is 22.4. The molecule has 0 saturated heterocycles. The monoisotopic (exact) mass is 296 g/mol. The molecule has 0 heterocycles. The maximum atomic E-state index is 11.9. The normalized spacial score (nSPS) is 17.1. The molecule has 0 aromatic heterocycles. The summed E-state index contributed by atoms with van der Waals surface area (Å²) >= 11 is 0. The Kier molecular flexibility index (Phi) is 5.64. The molecule has 0 radical (unpaired) electrons. The van der Waals surface area contributed by atoms with Crippen molar-refractivity contribution >= 4 is 12.0 Å². The second kappa shape index (κ2) is 6.81. The lowest BCUT2D eigenvalue weighted by atomic mass is 9.69. The molecule has 2 amide bonds. The fraction of sp³-hybridized carbons (Fsp3) is 0.833. The van der Waals surface area contributed by atoms with E-state index >= 15 is 0 Å². The first kappa shape index (κ1) is 16.6. The van der Waals surface area contributed by atoms with E-state index in [-0.39, 0.29) is 25.9 Å². The Bertz CT molecular complexity index is 354. The SMILES string of the molecule is O=C(NCCCCC(F)(F)F)NCC1(C(=O)O)CCC1. The van der Waals surface area contributed by atoms with Crippen molar-refractivity contribution < 1.29 is 27.9 Å². The molecule has 1 rings (SSSR count). The number of unbranched alkanes of at least 4 members (excludes halogenated alkanes) is 1. The van der Waals surface area contributed by atoms with Gasteiger partial charge in [-0.05, 0) is 25.7 Å². The number of nitrogens with one attached hydrogen (secondary N) is 2. The molecule has 0 unspecified atom stereocenters. The maximum Gasteiger partial charge on any atom is 0.389 e. The Morgan fingerprint density at radius 1 is 1.15 bits per heavy atom. The van der Waals surface area contributed by atoms with Gasteiger partial charge >= 0.3 is 18.2 Å². The fourth-order valence-electron chi connectivity index (χ4n) is 2.03. The van der Waals surface area contributed by atoms with E-state index in [0.717, 1.165) is 6.42 Å². The molecule has 116 valence electrons. The summed E-state index contributed by atoms with van der Waals surface area (Å²) < 4.78 is 35.6. The number of alkyl halides is 3. The Balaban J connectivity index is 2.10. The van der Waals surface area contributed by atoms with Gasteiger partial charge in [-0.2, -0.15) is 13.2 Å². The summed E-state index contributed by atoms with van der Waals surface area (Å²) in [6.45, 7) is 0.193. The van der Waals surface area contributed by atoms with Gasteiger partial charge in [0.25, 0.3) is 0 Å². The molecule has 5 nitrogen and oxygen atoms in total. The Labute approximate surface area is 114 Å². The van der Waals surface area contributed by atoms with Gasteiger partial charge in [0.1, 0.15) is 0 Å². The molecule has 0 bridgehead atoms. The van der Waals surface area contributed by atoms with Crippen molar-refractivity contribution in [2.24, 2.45) is 5.41 Å². The van der Waals surface area contributed by atoms with Gasteiger partial charge in [0.2, 0.25) is 0 Å². The second-order valence-electron chi connectivity index (χ2n) is 5.12. The highest BCUT2D eigenvalue weighted by Gasteiger charge is 2.44. The van der Waals surface area contributed by atoms with Crippen LogP contribution in [0.5, 0.6) is 0 Å². The first-order valence-corrected chi connectivity index (χ1v) is 6.57. The third-order valence-corrected chi connectivity index (χ3v) is 3.52. The minimum atomic E-state index is -4.17. The van der Waals surface area contributed by atoms with Crippen LogP contribution in [0.15, 0.2) is 0 Å². The zero-order chi connectivity index (χ0) is 15.2. The largest absolute Gasteiger partial charge is 0.481 e. The van der Waals surface area contributed by atoms with Crippen LogP contribution >= 0.6 is 0 Å². The van der Waals surface area contributed by atoms with E-state index in [9.17, 15) is 22.8 Å². The molecule has 0 aliphatic heterocycles. The zero-order valence-electron chi connectivity index (χ0n) is 11.1. The van der Waals surface area contributed by atoms with Crippen LogP contribution in [0.25, 0.3) is 0 Å². The van der Waals surface area contributed by atoms with Crippen LogP contribution in [0.4, 0.5) is 18.0 Å². The van der Waals surface area contributed by atoms with Crippen LogP contribution in [-0.2, 0) is 4.79 Å². The summed E-state index contributed by atoms with van der Waals surface area (Å²) in [5.74, 6) is -0.922. The van der Waals surface area contributed by atoms with Gasteiger partial charge in [0, 0.05) is 19.5 Å². The van der Waals surface area contributed by atoms with Crippen LogP contribution < -0.4 is 10.6 Å². The molecule has 1 fully saturated rings. The van der Waals surface area contributed by atoms with E-state index < -0.39 is 30.0 Å². The Morgan fingerprint density at radius 2 is 1.80 bits per heavy atom. The summed E-state index contributed by atoms with van der Waals surface area (Å²) in [5.41, 5.74) is -0.867. The minimum Gasteiger partial charge on any atom is -0.481 e. The molecule has 1 aliphatic carbocycles. The van der Waals surface area contributed by atoms with Gasteiger partial charge in [-0.3, -0.25) is 4.79 Å². The predicted molar refractivity (Wildman–Crippen MR) is 65.2 cm³/mol. The molecule has 20 heavy (non-hydrogen) atoms. The number of carboxylic acids is 1. The van der Waals surface area contributed by atoms with E-state index in [2.05, 4.69) is 10.6 Å². The summed E-state index contributed by atoms with van der Waals surface area (Å²) in [6, 6.07) is -0.537. The smallest absolute Gasteiger partial charge is 0.389 e. The van der Waals surface area contributed by atoms with E-state index in [0.29, 0.717) is 12.8 Å². The molecule has 0 spiro atoms. The number of carbonyl (C=O) groups is 2. The van der Waals surface area contributed by atoms with Crippen LogP contribution in [0.1, 0.15) is 38.5 Å². The highest BCUT2D eigenvalue weighted by Crippen LogP contribution is 2.40. The van der Waals surface area contributed by atoms with Crippen molar-refractivity contribution in [2.75, 3.05) is 13.1 Å². The first-order chi connectivity index (χ1) is 9.25. The molecular weight excluding hydrogens is 277 g/mol. The highest BCUT2D eigenvalue weighted by molar-refractivity contribution is 5.78. The molecule has 0 aromatic carbocycles. The molecular formula is C12H19F3N2O3. The predicted octanol–water partition coefficient (Wildman–Crippen LogP) is 2.27. The van der Waals surface area contributed by atoms with Gasteiger partial charge in [-0.25, -0.2) is 4.79 Å². The maximum absolute atomic E-state index is 11.9. The number of aliphatic carboxylic acids is 1. The number of carbonyl (C=O) groups excluding carboxylic acids is 1. The van der Waals surface area contributed by atoms with E-state index in [1.807, 2.05) is 0 Å². The van der Waals surface area contributed by atoms with Crippen molar-refractivity contribution in [3.05, 3.63) is 0 Å². The van der Waals surface area contributed by atoms with Gasteiger partial charge in [0.15, 0.2) is 0 Å². The Morgan fingerprint density at radius 3 is 2.25 bits per heavy atom. The number of carboxylic acid groups (broad SMARTS) is 1. The third kappa shape index (κ3) is 5.26. The Hall–Kier alpha value is -1.47. The molecule has 0 atom stereocenters. The average molecular weight is 296 g/mol. The van der Waals surface area contributed by atoms with Crippen LogP contribution in [0.3, 0.4) is 0 Å². The number of amides is 2. The van der Waals surface area contributed by atoms with Gasteiger partial charge in [-0.15, -0.1) is 0 Å². The standard InChI is InChI=1S/C12H19F3N2O3/c13-12(14,15)6-1-2-7-16-10(20)17-8-11(9(18)19)4-3-5-11/h1-8H2,(H,18,19)(H2,16,17,20). The zero-order valence-corrected chi connectivity index (χ0v) is 11.1. The van der Waals surface area contributed by atoms with Crippen molar-refractivity contribution in [3.8, 4) is 0 Å². The first-order valence-electron chi connectivity index (χ1n) is 6.57. The average Bonchev–Trinajstić information content (AvgIpc) is 2.24. The van der Waals surface area contributed by atoms with Crippen molar-refractivity contribution in [3.63, 3.8) is 0 Å². The third-order valence-electron chi connectivity index (χ3n) is 3.52. The lowest BCUT2D eigenvalue weighted by molar-refractivity contribution is -0.153. The number of urea groups is 1. The molecule has 1 aliphatic rings. The van der Waals surface area contributed by atoms with Crippen molar-refractivity contribution in [1.29, 1.82) is 0 Å². The number of hydrogen-bond donors (Lipinski definition) is 3. The van der Waals surface area contributed by atoms with Gasteiger partial charge < -0.3 is 15.7 Å². The molecule has 3 N–H and O–H groups in total. The number of rotatable bonds is 7. The fourth-order valence-corrected chi connectivity index (χ4v) is 2.03. The van der Waals surface area contributed by atoms with Crippen molar-refractivity contribution in [2.45, 2.75) is 44.7 Å². The molecule has 1 saturated carbocycles. The van der Waals surface area contributed by atoms with Crippen LogP contribution in [0, 0.1) is 5.41 Å². The summed E-state index contributed by atoms with van der Waals surface area (Å²) in [6.07, 6.45) is -2.94. The van der Waals surface area contributed by atoms with E-state index in [1.54, 1.807) is 0 Å². The van der Waals surface area contributed by atoms with Crippen molar-refractivity contribution in [1.82, 2.24) is 10.6 Å². The number of hydrogen-bond acceptors (Lipinski definition) is 2. The topological polar surface area (TPSA) is 78.4 Å². The minimum absolute atomic E-state index is 0.0388. The highest BCUT2D eigenvalue weighted by atomic mass is 19.4. The second-order valence-corrected chi connectivity index (χ2v) is 5.12. The van der Waals surface area contributed by atoms with E-state index in [4.69, 9.17) is 5.11 Å². The lowest BCUT2D eigenvalue weighted by Crippen LogP contribution is -2.49. The van der Waals surface area contributed by atoms with Gasteiger partial charge in [0.05, 0.1) is 5.41 Å². The summed E-state index contributed by atoms with van der Waals surface area (Å²) in [7, 11) is 0.